The molecular formula is C8H15NO2. The van der Waals surface area contributed by atoms with Crippen LogP contribution in [0, 0.1) is 0 Å². The third kappa shape index (κ3) is 1.38. The topological polar surface area (TPSA) is 40.5 Å². The standard InChI is InChI=1S/C8H15NO2/c1-8(2)5-4-6(7(10)11)9(8)3/h6H,4-5H2,1-3H3,(H,10,11)/t6-/m0/s1. The first-order chi connectivity index (χ1) is 4.95. The summed E-state index contributed by atoms with van der Waals surface area (Å²) in [5.41, 5.74) is 0.0586. The Kier molecular flexibility index (Phi) is 1.92. The van der Waals surface area contributed by atoms with Crippen molar-refractivity contribution in [1.82, 2.24) is 4.90 Å². The maximum atomic E-state index is 10.7. The Hall–Kier alpha value is -0.570. The molecule has 0 amide bonds. The van der Waals surface area contributed by atoms with Crippen LogP contribution < -0.4 is 0 Å². The molecule has 1 heterocycles. The smallest absolute Gasteiger partial charge is 0.320 e. The number of rotatable bonds is 1. The number of carboxylic acids is 1. The Morgan fingerprint density at radius 2 is 2.18 bits per heavy atom. The van der Waals surface area contributed by atoms with E-state index in [2.05, 4.69) is 13.8 Å². The zero-order chi connectivity index (χ0) is 8.65. The van der Waals surface area contributed by atoms with Crippen LogP contribution in [0.15, 0.2) is 0 Å². The average molecular weight is 157 g/mol. The second kappa shape index (κ2) is 2.48. The van der Waals surface area contributed by atoms with Gasteiger partial charge in [-0.15, -0.1) is 0 Å². The molecule has 64 valence electrons. The summed E-state index contributed by atoms with van der Waals surface area (Å²) in [5.74, 6) is -0.696. The van der Waals surface area contributed by atoms with Gasteiger partial charge in [-0.2, -0.15) is 0 Å². The Labute approximate surface area is 67.0 Å². The number of carboxylic acid groups (broad SMARTS) is 1. The summed E-state index contributed by atoms with van der Waals surface area (Å²) in [6.45, 7) is 4.16. The van der Waals surface area contributed by atoms with Crippen LogP contribution in [0.1, 0.15) is 26.7 Å². The van der Waals surface area contributed by atoms with E-state index in [0.29, 0.717) is 0 Å². The van der Waals surface area contributed by atoms with Gasteiger partial charge >= 0.3 is 5.97 Å². The highest BCUT2D eigenvalue weighted by Crippen LogP contribution is 2.31. The fourth-order valence-electron chi connectivity index (χ4n) is 1.57. The van der Waals surface area contributed by atoms with Crippen molar-refractivity contribution in [2.45, 2.75) is 38.3 Å². The Balaban J connectivity index is 2.71. The normalized spacial score (nSPS) is 30.6. The number of hydrogen-bond acceptors (Lipinski definition) is 2. The monoisotopic (exact) mass is 157 g/mol. The van der Waals surface area contributed by atoms with E-state index in [9.17, 15) is 4.79 Å². The van der Waals surface area contributed by atoms with E-state index in [1.54, 1.807) is 0 Å². The van der Waals surface area contributed by atoms with Gasteiger partial charge in [-0.25, -0.2) is 0 Å². The summed E-state index contributed by atoms with van der Waals surface area (Å²) >= 11 is 0. The molecule has 11 heavy (non-hydrogen) atoms. The first-order valence-corrected chi connectivity index (χ1v) is 3.91. The number of aliphatic carboxylic acids is 1. The quantitative estimate of drug-likeness (QED) is 0.616. The van der Waals surface area contributed by atoms with Crippen molar-refractivity contribution in [3.63, 3.8) is 0 Å². The third-order valence-corrected chi connectivity index (χ3v) is 2.74. The predicted octanol–water partition coefficient (Wildman–Crippen LogP) is 0.944. The summed E-state index contributed by atoms with van der Waals surface area (Å²) in [6, 6.07) is -0.273. The van der Waals surface area contributed by atoms with Crippen molar-refractivity contribution in [2.75, 3.05) is 7.05 Å². The van der Waals surface area contributed by atoms with Crippen molar-refractivity contribution in [3.05, 3.63) is 0 Å². The first kappa shape index (κ1) is 8.53. The summed E-state index contributed by atoms with van der Waals surface area (Å²) < 4.78 is 0. The minimum absolute atomic E-state index is 0.0586. The zero-order valence-electron chi connectivity index (χ0n) is 7.29. The molecule has 0 unspecified atom stereocenters. The molecular weight excluding hydrogens is 142 g/mol. The van der Waals surface area contributed by atoms with Crippen molar-refractivity contribution >= 4 is 5.97 Å². The largest absolute Gasteiger partial charge is 0.480 e. The fourth-order valence-corrected chi connectivity index (χ4v) is 1.57. The van der Waals surface area contributed by atoms with Gasteiger partial charge in [-0.05, 0) is 33.7 Å². The van der Waals surface area contributed by atoms with Crippen molar-refractivity contribution in [3.8, 4) is 0 Å². The number of carbonyl (C=O) groups is 1. The number of hydrogen-bond donors (Lipinski definition) is 1. The third-order valence-electron chi connectivity index (χ3n) is 2.74. The molecule has 1 rings (SSSR count). The zero-order valence-corrected chi connectivity index (χ0v) is 7.29. The van der Waals surface area contributed by atoms with Crippen LogP contribution in [0.25, 0.3) is 0 Å². The van der Waals surface area contributed by atoms with Crippen LogP contribution in [0.4, 0.5) is 0 Å². The molecule has 1 saturated heterocycles. The highest BCUT2D eigenvalue weighted by Gasteiger charge is 2.40. The molecule has 0 radical (unpaired) electrons. The molecule has 1 atom stereocenters. The van der Waals surface area contributed by atoms with Crippen molar-refractivity contribution in [2.24, 2.45) is 0 Å². The number of likely N-dealkylation sites (tertiary alicyclic amines) is 1. The molecule has 0 spiro atoms. The molecule has 1 fully saturated rings. The lowest BCUT2D eigenvalue weighted by Gasteiger charge is -2.29. The highest BCUT2D eigenvalue weighted by atomic mass is 16.4. The van der Waals surface area contributed by atoms with Crippen molar-refractivity contribution in [1.29, 1.82) is 0 Å². The summed E-state index contributed by atoms with van der Waals surface area (Å²) in [7, 11) is 1.88. The second-order valence-electron chi connectivity index (χ2n) is 3.82. The molecule has 0 aromatic rings. The van der Waals surface area contributed by atoms with Gasteiger partial charge in [0.15, 0.2) is 0 Å². The SMILES string of the molecule is CN1[C@H](C(=O)O)CCC1(C)C. The highest BCUT2D eigenvalue weighted by molar-refractivity contribution is 5.74. The molecule has 1 N–H and O–H groups in total. The van der Waals surface area contributed by atoms with Crippen LogP contribution in [0.5, 0.6) is 0 Å². The average Bonchev–Trinajstić information content (AvgIpc) is 2.09. The van der Waals surface area contributed by atoms with Crippen LogP contribution in [0.3, 0.4) is 0 Å². The van der Waals surface area contributed by atoms with Crippen LogP contribution in [0.2, 0.25) is 0 Å². The maximum absolute atomic E-state index is 10.7. The van der Waals surface area contributed by atoms with Crippen LogP contribution in [-0.2, 0) is 4.79 Å². The van der Waals surface area contributed by atoms with E-state index in [1.807, 2.05) is 11.9 Å². The van der Waals surface area contributed by atoms with Gasteiger partial charge in [-0.3, -0.25) is 9.69 Å². The van der Waals surface area contributed by atoms with Crippen LogP contribution in [-0.4, -0.2) is 34.6 Å². The minimum Gasteiger partial charge on any atom is -0.480 e. The van der Waals surface area contributed by atoms with Gasteiger partial charge in [0.05, 0.1) is 0 Å². The summed E-state index contributed by atoms with van der Waals surface area (Å²) in [5, 5.41) is 8.77. The van der Waals surface area contributed by atoms with Gasteiger partial charge in [0, 0.05) is 5.54 Å². The van der Waals surface area contributed by atoms with Gasteiger partial charge in [0.2, 0.25) is 0 Å². The molecule has 0 aromatic heterocycles. The molecule has 0 aromatic carbocycles. The fraction of sp³-hybridized carbons (Fsp3) is 0.875. The Morgan fingerprint density at radius 1 is 1.64 bits per heavy atom. The van der Waals surface area contributed by atoms with Gasteiger partial charge in [-0.1, -0.05) is 0 Å². The lowest BCUT2D eigenvalue weighted by atomic mass is 10.0. The summed E-state index contributed by atoms with van der Waals surface area (Å²) in [6.07, 6.45) is 1.75. The van der Waals surface area contributed by atoms with Gasteiger partial charge in [0.25, 0.3) is 0 Å². The van der Waals surface area contributed by atoms with Crippen molar-refractivity contribution < 1.29 is 9.90 Å². The summed E-state index contributed by atoms with van der Waals surface area (Å²) in [4.78, 5) is 12.6. The maximum Gasteiger partial charge on any atom is 0.320 e. The van der Waals surface area contributed by atoms with E-state index in [1.165, 1.54) is 0 Å². The minimum atomic E-state index is -0.696. The molecule has 1 aliphatic rings. The molecule has 0 aliphatic carbocycles. The number of likely N-dealkylation sites (N-methyl/N-ethyl adjacent to an activating group) is 1. The molecule has 0 bridgehead atoms. The Bertz CT molecular complexity index is 177. The second-order valence-corrected chi connectivity index (χ2v) is 3.82. The first-order valence-electron chi connectivity index (χ1n) is 3.91. The molecule has 0 saturated carbocycles. The number of nitrogens with zero attached hydrogens (tertiary/aromatic N) is 1. The molecule has 3 nitrogen and oxygen atoms in total. The Morgan fingerprint density at radius 3 is 2.36 bits per heavy atom. The van der Waals surface area contributed by atoms with Crippen LogP contribution >= 0.6 is 0 Å². The van der Waals surface area contributed by atoms with Gasteiger partial charge < -0.3 is 5.11 Å². The molecule has 3 heteroatoms. The van der Waals surface area contributed by atoms with E-state index < -0.39 is 5.97 Å². The van der Waals surface area contributed by atoms with E-state index >= 15 is 0 Å². The lowest BCUT2D eigenvalue weighted by molar-refractivity contribution is -0.142. The molecule has 1 aliphatic heterocycles. The van der Waals surface area contributed by atoms with Gasteiger partial charge in [0.1, 0.15) is 6.04 Å². The predicted molar refractivity (Wildman–Crippen MR) is 42.5 cm³/mol. The lowest BCUT2D eigenvalue weighted by Crippen LogP contribution is -2.42. The van der Waals surface area contributed by atoms with E-state index in [0.717, 1.165) is 12.8 Å². The van der Waals surface area contributed by atoms with E-state index in [-0.39, 0.29) is 11.6 Å². The van der Waals surface area contributed by atoms with E-state index in [4.69, 9.17) is 5.11 Å².